The van der Waals surface area contributed by atoms with Gasteiger partial charge in [0.2, 0.25) is 11.8 Å². The number of amides is 2. The van der Waals surface area contributed by atoms with E-state index in [0.717, 1.165) is 0 Å². The molecule has 0 spiro atoms. The van der Waals surface area contributed by atoms with E-state index in [1.807, 2.05) is 13.8 Å². The summed E-state index contributed by atoms with van der Waals surface area (Å²) < 4.78 is 0. The number of guanidine groups is 1. The lowest BCUT2D eigenvalue weighted by Crippen LogP contribution is -2.55. The van der Waals surface area contributed by atoms with Crippen LogP contribution in [0.15, 0.2) is 4.99 Å². The Hall–Kier alpha value is -2.01. The van der Waals surface area contributed by atoms with Crippen LogP contribution in [-0.2, 0) is 14.4 Å². The fourth-order valence-corrected chi connectivity index (χ4v) is 2.37. The van der Waals surface area contributed by atoms with Gasteiger partial charge in [0, 0.05) is 12.3 Å². The molecular formula is C15H30N6O4S. The highest BCUT2D eigenvalue weighted by Gasteiger charge is 2.27. The summed E-state index contributed by atoms with van der Waals surface area (Å²) in [6, 6.07) is -2.87. The van der Waals surface area contributed by atoms with Crippen molar-refractivity contribution in [3.8, 4) is 0 Å². The molecule has 0 aromatic heterocycles. The van der Waals surface area contributed by atoms with Crippen LogP contribution < -0.4 is 27.8 Å². The van der Waals surface area contributed by atoms with Gasteiger partial charge in [0.05, 0.1) is 6.04 Å². The van der Waals surface area contributed by atoms with Crippen LogP contribution in [0, 0.1) is 5.92 Å². The Kier molecular flexibility index (Phi) is 11.4. The van der Waals surface area contributed by atoms with Crippen molar-refractivity contribution in [2.75, 3.05) is 12.3 Å². The zero-order chi connectivity index (χ0) is 20.3. The minimum atomic E-state index is -1.21. The van der Waals surface area contributed by atoms with E-state index in [0.29, 0.717) is 12.8 Å². The number of carbonyl (C=O) groups excluding carboxylic acids is 2. The Balaban J connectivity index is 4.97. The summed E-state index contributed by atoms with van der Waals surface area (Å²) in [4.78, 5) is 39.5. The Bertz CT molecular complexity index is 510. The number of carboxylic acids is 1. The second-order valence-electron chi connectivity index (χ2n) is 6.33. The van der Waals surface area contributed by atoms with Gasteiger partial charge < -0.3 is 32.9 Å². The summed E-state index contributed by atoms with van der Waals surface area (Å²) in [6.45, 7) is 4.13. The molecule has 0 rings (SSSR count). The molecule has 3 atom stereocenters. The maximum atomic E-state index is 12.4. The number of nitrogens with zero attached hydrogens (tertiary/aromatic N) is 1. The fourth-order valence-electron chi connectivity index (χ4n) is 2.12. The smallest absolute Gasteiger partial charge is 0.327 e. The molecule has 11 heteroatoms. The standard InChI is InChI=1S/C15H30N6O4S/c1-8(2)6-9(16)12(22)20-10(4-3-5-19-15(17)18)13(23)21-11(7-26)14(24)25/h8-11,26H,3-7,16H2,1-2H3,(H,20,22)(H,21,23)(H,24,25)(H4,17,18,19). The first kappa shape index (κ1) is 24.0. The molecule has 0 radical (unpaired) electrons. The van der Waals surface area contributed by atoms with Gasteiger partial charge in [0.15, 0.2) is 5.96 Å². The summed E-state index contributed by atoms with van der Waals surface area (Å²) in [5.41, 5.74) is 16.3. The van der Waals surface area contributed by atoms with E-state index in [4.69, 9.17) is 22.3 Å². The third-order valence-electron chi connectivity index (χ3n) is 3.44. The predicted octanol–water partition coefficient (Wildman–Crippen LogP) is -1.60. The lowest BCUT2D eigenvalue weighted by atomic mass is 10.0. The lowest BCUT2D eigenvalue weighted by Gasteiger charge is -2.22. The van der Waals surface area contributed by atoms with Crippen molar-refractivity contribution in [1.82, 2.24) is 10.6 Å². The Morgan fingerprint density at radius 3 is 2.15 bits per heavy atom. The second kappa shape index (κ2) is 12.4. The minimum absolute atomic E-state index is 0.0741. The summed E-state index contributed by atoms with van der Waals surface area (Å²) in [7, 11) is 0. The van der Waals surface area contributed by atoms with Crippen molar-refractivity contribution >= 4 is 36.4 Å². The van der Waals surface area contributed by atoms with Crippen molar-refractivity contribution in [2.45, 2.75) is 51.2 Å². The van der Waals surface area contributed by atoms with E-state index >= 15 is 0 Å². The van der Waals surface area contributed by atoms with Crippen LogP contribution in [0.25, 0.3) is 0 Å². The van der Waals surface area contributed by atoms with Crippen LogP contribution in [-0.4, -0.2) is 59.3 Å². The van der Waals surface area contributed by atoms with Crippen molar-refractivity contribution in [1.29, 1.82) is 0 Å². The predicted molar refractivity (Wildman–Crippen MR) is 103 cm³/mol. The van der Waals surface area contributed by atoms with Crippen LogP contribution in [0.2, 0.25) is 0 Å². The molecule has 0 fully saturated rings. The average molecular weight is 391 g/mol. The van der Waals surface area contributed by atoms with E-state index in [1.54, 1.807) is 0 Å². The number of aliphatic carboxylic acids is 1. The van der Waals surface area contributed by atoms with Crippen LogP contribution in [0.1, 0.15) is 33.1 Å². The minimum Gasteiger partial charge on any atom is -0.480 e. The van der Waals surface area contributed by atoms with Crippen molar-refractivity contribution < 1.29 is 19.5 Å². The number of nitrogens with one attached hydrogen (secondary N) is 2. The average Bonchev–Trinajstić information content (AvgIpc) is 2.53. The van der Waals surface area contributed by atoms with Crippen LogP contribution >= 0.6 is 12.6 Å². The molecule has 3 unspecified atom stereocenters. The number of rotatable bonds is 12. The third-order valence-corrected chi connectivity index (χ3v) is 3.80. The van der Waals surface area contributed by atoms with E-state index in [9.17, 15) is 14.4 Å². The molecule has 0 heterocycles. The largest absolute Gasteiger partial charge is 0.480 e. The molecule has 0 saturated carbocycles. The zero-order valence-corrected chi connectivity index (χ0v) is 16.0. The summed E-state index contributed by atoms with van der Waals surface area (Å²) in [6.07, 6.45) is 1.10. The lowest BCUT2D eigenvalue weighted by molar-refractivity contribution is -0.141. The normalized spacial score (nSPS) is 14.2. The topological polar surface area (TPSA) is 186 Å². The molecular weight excluding hydrogens is 360 g/mol. The first-order valence-corrected chi connectivity index (χ1v) is 8.97. The van der Waals surface area contributed by atoms with Gasteiger partial charge in [0.1, 0.15) is 12.1 Å². The SMILES string of the molecule is CC(C)CC(N)C(=O)NC(CCCN=C(N)N)C(=O)NC(CS)C(=O)O. The fraction of sp³-hybridized carbons (Fsp3) is 0.733. The van der Waals surface area contributed by atoms with Gasteiger partial charge in [-0.2, -0.15) is 12.6 Å². The number of aliphatic imine (C=N–C) groups is 1. The first-order chi connectivity index (χ1) is 12.1. The molecule has 0 aliphatic rings. The van der Waals surface area contributed by atoms with Crippen LogP contribution in [0.3, 0.4) is 0 Å². The second-order valence-corrected chi connectivity index (χ2v) is 6.69. The molecule has 0 saturated heterocycles. The molecule has 0 aromatic carbocycles. The number of nitrogens with two attached hydrogens (primary N) is 3. The van der Waals surface area contributed by atoms with E-state index < -0.39 is 35.9 Å². The summed E-state index contributed by atoms with van der Waals surface area (Å²) in [5, 5.41) is 14.0. The molecule has 0 aliphatic carbocycles. The molecule has 0 aliphatic heterocycles. The van der Waals surface area contributed by atoms with Crippen LogP contribution in [0.5, 0.6) is 0 Å². The maximum absolute atomic E-state index is 12.4. The molecule has 0 bridgehead atoms. The maximum Gasteiger partial charge on any atom is 0.327 e. The summed E-state index contributed by atoms with van der Waals surface area (Å²) >= 11 is 3.90. The van der Waals surface area contributed by atoms with Gasteiger partial charge in [-0.05, 0) is 25.2 Å². The molecule has 26 heavy (non-hydrogen) atoms. The highest BCUT2D eigenvalue weighted by atomic mass is 32.1. The van der Waals surface area contributed by atoms with Crippen LogP contribution in [0.4, 0.5) is 0 Å². The van der Waals surface area contributed by atoms with Crippen molar-refractivity contribution in [3.63, 3.8) is 0 Å². The van der Waals surface area contributed by atoms with E-state index in [1.165, 1.54) is 0 Å². The highest BCUT2D eigenvalue weighted by molar-refractivity contribution is 7.80. The van der Waals surface area contributed by atoms with Gasteiger partial charge in [-0.15, -0.1) is 0 Å². The molecule has 150 valence electrons. The quantitative estimate of drug-likeness (QED) is 0.0904. The summed E-state index contributed by atoms with van der Waals surface area (Å²) in [5.74, 6) is -2.25. The number of carbonyl (C=O) groups is 3. The number of carboxylic acid groups (broad SMARTS) is 1. The number of hydrogen-bond donors (Lipinski definition) is 7. The van der Waals surface area contributed by atoms with Gasteiger partial charge >= 0.3 is 5.97 Å². The van der Waals surface area contributed by atoms with Gasteiger partial charge in [-0.3, -0.25) is 14.6 Å². The Morgan fingerprint density at radius 2 is 1.69 bits per heavy atom. The first-order valence-electron chi connectivity index (χ1n) is 8.33. The monoisotopic (exact) mass is 390 g/mol. The van der Waals surface area contributed by atoms with Gasteiger partial charge in [-0.1, -0.05) is 13.8 Å². The number of thiol groups is 1. The number of hydrogen-bond acceptors (Lipinski definition) is 6. The van der Waals surface area contributed by atoms with E-state index in [2.05, 4.69) is 28.3 Å². The van der Waals surface area contributed by atoms with Gasteiger partial charge in [0.25, 0.3) is 0 Å². The Morgan fingerprint density at radius 1 is 1.12 bits per heavy atom. The Labute approximate surface area is 158 Å². The molecule has 0 aromatic rings. The van der Waals surface area contributed by atoms with Crippen molar-refractivity contribution in [2.24, 2.45) is 28.1 Å². The van der Waals surface area contributed by atoms with Gasteiger partial charge in [-0.25, -0.2) is 4.79 Å². The van der Waals surface area contributed by atoms with E-state index in [-0.39, 0.29) is 30.6 Å². The molecule has 2 amide bonds. The molecule has 9 N–H and O–H groups in total. The highest BCUT2D eigenvalue weighted by Crippen LogP contribution is 2.05. The zero-order valence-electron chi connectivity index (χ0n) is 15.1. The van der Waals surface area contributed by atoms with Crippen molar-refractivity contribution in [3.05, 3.63) is 0 Å². The molecule has 10 nitrogen and oxygen atoms in total. The third kappa shape index (κ3) is 10.1.